The highest BCUT2D eigenvalue weighted by atomic mass is 32.1. The fourth-order valence-electron chi connectivity index (χ4n) is 1.89. The highest BCUT2D eigenvalue weighted by Gasteiger charge is 2.42. The zero-order valence-corrected chi connectivity index (χ0v) is 11.3. The summed E-state index contributed by atoms with van der Waals surface area (Å²) in [6, 6.07) is 0. The van der Waals surface area contributed by atoms with Crippen molar-refractivity contribution in [1.82, 2.24) is 10.6 Å². The minimum Gasteiger partial charge on any atom is -0.392 e. The van der Waals surface area contributed by atoms with Gasteiger partial charge < -0.3 is 21.1 Å². The predicted molar refractivity (Wildman–Crippen MR) is 71.0 cm³/mol. The van der Waals surface area contributed by atoms with Crippen molar-refractivity contribution in [2.75, 3.05) is 26.3 Å². The minimum absolute atomic E-state index is 0.0576. The van der Waals surface area contributed by atoms with E-state index in [9.17, 15) is 9.59 Å². The molecule has 0 aromatic carbocycles. The van der Waals surface area contributed by atoms with Gasteiger partial charge in [-0.1, -0.05) is 12.2 Å². The summed E-state index contributed by atoms with van der Waals surface area (Å²) in [7, 11) is 0. The Morgan fingerprint density at radius 3 is 2.44 bits per heavy atom. The van der Waals surface area contributed by atoms with Crippen LogP contribution in [-0.2, 0) is 14.3 Å². The van der Waals surface area contributed by atoms with Crippen LogP contribution in [0.1, 0.15) is 19.8 Å². The number of hydrogen-bond donors (Lipinski definition) is 3. The molecule has 0 unspecified atom stereocenters. The van der Waals surface area contributed by atoms with Crippen molar-refractivity contribution in [2.45, 2.75) is 19.8 Å². The molecule has 0 radical (unpaired) electrons. The van der Waals surface area contributed by atoms with Crippen LogP contribution in [0.4, 0.5) is 0 Å². The quantitative estimate of drug-likeness (QED) is 0.577. The molecule has 1 aliphatic rings. The van der Waals surface area contributed by atoms with Crippen molar-refractivity contribution in [3.8, 4) is 0 Å². The van der Waals surface area contributed by atoms with Gasteiger partial charge in [0.25, 0.3) is 0 Å². The van der Waals surface area contributed by atoms with Gasteiger partial charge in [-0.05, 0) is 19.8 Å². The van der Waals surface area contributed by atoms with E-state index >= 15 is 0 Å². The fourth-order valence-corrected chi connectivity index (χ4v) is 2.19. The van der Waals surface area contributed by atoms with Crippen LogP contribution in [0, 0.1) is 5.41 Å². The number of thiocarbonyl (C=S) groups is 1. The first-order valence-electron chi connectivity index (χ1n) is 5.95. The minimum atomic E-state index is -0.875. The number of amides is 2. The molecule has 1 heterocycles. The van der Waals surface area contributed by atoms with Crippen molar-refractivity contribution >= 4 is 29.0 Å². The molecule has 0 bridgehead atoms. The molecule has 1 fully saturated rings. The van der Waals surface area contributed by atoms with Crippen molar-refractivity contribution in [1.29, 1.82) is 0 Å². The molecule has 4 N–H and O–H groups in total. The molecular formula is C11H19N3O3S. The molecule has 1 rings (SSSR count). The third kappa shape index (κ3) is 3.39. The number of hydrogen-bond acceptors (Lipinski definition) is 4. The maximum Gasteiger partial charge on any atom is 0.239 e. The van der Waals surface area contributed by atoms with E-state index in [1.807, 2.05) is 6.92 Å². The topological polar surface area (TPSA) is 93.5 Å². The molecule has 18 heavy (non-hydrogen) atoms. The summed E-state index contributed by atoms with van der Waals surface area (Å²) in [6.07, 6.45) is 0.924. The van der Waals surface area contributed by atoms with Gasteiger partial charge in [0, 0.05) is 19.8 Å². The highest BCUT2D eigenvalue weighted by Crippen LogP contribution is 2.31. The molecule has 6 nitrogen and oxygen atoms in total. The molecule has 0 atom stereocenters. The molecule has 2 amide bonds. The zero-order chi connectivity index (χ0) is 13.6. The Labute approximate surface area is 112 Å². The Hall–Kier alpha value is -1.21. The number of rotatable bonds is 5. The zero-order valence-electron chi connectivity index (χ0n) is 10.5. The monoisotopic (exact) mass is 273 g/mol. The highest BCUT2D eigenvalue weighted by molar-refractivity contribution is 7.80. The first-order chi connectivity index (χ1) is 8.53. The molecular weight excluding hydrogens is 254 g/mol. The van der Waals surface area contributed by atoms with Gasteiger partial charge in [-0.15, -0.1) is 0 Å². The summed E-state index contributed by atoms with van der Waals surface area (Å²) in [5.74, 6) is -0.513. The van der Waals surface area contributed by atoms with E-state index in [1.165, 1.54) is 0 Å². The normalized spacial score (nSPS) is 17.8. The molecule has 0 spiro atoms. The lowest BCUT2D eigenvalue weighted by atomic mass is 9.79. The number of likely N-dealkylation sites (N-methyl/N-ethyl adjacent to an activating group) is 1. The second-order valence-corrected chi connectivity index (χ2v) is 4.63. The van der Waals surface area contributed by atoms with E-state index in [0.717, 1.165) is 0 Å². The maximum absolute atomic E-state index is 12.2. The molecule has 1 aliphatic heterocycles. The lowest BCUT2D eigenvalue weighted by Gasteiger charge is -2.34. The van der Waals surface area contributed by atoms with Gasteiger partial charge in [0.2, 0.25) is 11.8 Å². The van der Waals surface area contributed by atoms with Gasteiger partial charge in [-0.3, -0.25) is 9.59 Å². The average molecular weight is 273 g/mol. The van der Waals surface area contributed by atoms with Crippen LogP contribution in [-0.4, -0.2) is 43.1 Å². The van der Waals surface area contributed by atoms with Crippen molar-refractivity contribution in [3.05, 3.63) is 0 Å². The van der Waals surface area contributed by atoms with Crippen molar-refractivity contribution < 1.29 is 14.3 Å². The lowest BCUT2D eigenvalue weighted by Crippen LogP contribution is -2.53. The molecule has 102 valence electrons. The van der Waals surface area contributed by atoms with E-state index < -0.39 is 5.41 Å². The summed E-state index contributed by atoms with van der Waals surface area (Å²) in [4.78, 5) is 23.6. The van der Waals surface area contributed by atoms with E-state index in [2.05, 4.69) is 10.6 Å². The van der Waals surface area contributed by atoms with E-state index in [0.29, 0.717) is 32.6 Å². The maximum atomic E-state index is 12.2. The van der Waals surface area contributed by atoms with Crippen LogP contribution in [0.3, 0.4) is 0 Å². The lowest BCUT2D eigenvalue weighted by molar-refractivity contribution is -0.133. The molecule has 1 saturated heterocycles. The third-order valence-corrected chi connectivity index (χ3v) is 3.43. The number of nitrogens with two attached hydrogens (primary N) is 1. The van der Waals surface area contributed by atoms with Crippen LogP contribution in [0.15, 0.2) is 0 Å². The van der Waals surface area contributed by atoms with Crippen LogP contribution in [0.2, 0.25) is 0 Å². The number of ether oxygens (including phenoxy) is 1. The Morgan fingerprint density at radius 2 is 1.94 bits per heavy atom. The average Bonchev–Trinajstić information content (AvgIpc) is 2.37. The van der Waals surface area contributed by atoms with E-state index in [1.54, 1.807) is 0 Å². The Balaban J connectivity index is 2.61. The summed E-state index contributed by atoms with van der Waals surface area (Å²) >= 11 is 5.00. The van der Waals surface area contributed by atoms with E-state index in [-0.39, 0.29) is 23.3 Å². The number of carbonyl (C=O) groups is 2. The third-order valence-electron chi connectivity index (χ3n) is 3.04. The van der Waals surface area contributed by atoms with Crippen LogP contribution in [0.25, 0.3) is 0 Å². The SMILES string of the molecule is CCNC(=O)CNC(=O)C1(C(N)=S)CCOCC1. The van der Waals surface area contributed by atoms with Gasteiger partial charge in [0.05, 0.1) is 11.5 Å². The second-order valence-electron chi connectivity index (χ2n) is 4.19. The van der Waals surface area contributed by atoms with Crippen molar-refractivity contribution in [3.63, 3.8) is 0 Å². The standard InChI is InChI=1S/C11H19N3O3S/c1-2-13-8(15)7-14-10(16)11(9(12)18)3-5-17-6-4-11/h2-7H2,1H3,(H2,12,18)(H,13,15)(H,14,16). The first-order valence-corrected chi connectivity index (χ1v) is 6.36. The number of carbonyl (C=O) groups excluding carboxylic acids is 2. The molecule has 0 saturated carbocycles. The van der Waals surface area contributed by atoms with Gasteiger partial charge in [-0.2, -0.15) is 0 Å². The Morgan fingerprint density at radius 1 is 1.33 bits per heavy atom. The van der Waals surface area contributed by atoms with Gasteiger partial charge in [0.1, 0.15) is 5.41 Å². The first kappa shape index (κ1) is 14.8. The molecule has 0 aliphatic carbocycles. The fraction of sp³-hybridized carbons (Fsp3) is 0.727. The Bertz CT molecular complexity index is 340. The molecule has 0 aromatic rings. The van der Waals surface area contributed by atoms with Crippen LogP contribution in [0.5, 0.6) is 0 Å². The van der Waals surface area contributed by atoms with Gasteiger partial charge in [-0.25, -0.2) is 0 Å². The summed E-state index contributed by atoms with van der Waals surface area (Å²) < 4.78 is 5.21. The largest absolute Gasteiger partial charge is 0.392 e. The van der Waals surface area contributed by atoms with Gasteiger partial charge in [0.15, 0.2) is 0 Å². The Kier molecular flexibility index (Phi) is 5.49. The van der Waals surface area contributed by atoms with Crippen LogP contribution >= 0.6 is 12.2 Å². The predicted octanol–water partition coefficient (Wildman–Crippen LogP) is -0.678. The second kappa shape index (κ2) is 6.65. The molecule has 7 heteroatoms. The molecule has 0 aromatic heterocycles. The van der Waals surface area contributed by atoms with E-state index in [4.69, 9.17) is 22.7 Å². The summed E-state index contributed by atoms with van der Waals surface area (Å²) in [5.41, 5.74) is 4.81. The smallest absolute Gasteiger partial charge is 0.239 e. The van der Waals surface area contributed by atoms with Gasteiger partial charge >= 0.3 is 0 Å². The van der Waals surface area contributed by atoms with Crippen molar-refractivity contribution in [2.24, 2.45) is 11.1 Å². The van der Waals surface area contributed by atoms with Crippen LogP contribution < -0.4 is 16.4 Å². The number of nitrogens with one attached hydrogen (secondary N) is 2. The summed E-state index contributed by atoms with van der Waals surface area (Å²) in [5, 5.41) is 5.19. The summed E-state index contributed by atoms with van der Waals surface area (Å²) in [6.45, 7) is 3.19.